The molecule has 0 saturated carbocycles. The van der Waals surface area contributed by atoms with Crippen LogP contribution in [0.5, 0.6) is 5.75 Å². The normalized spacial score (nSPS) is 19.2. The maximum Gasteiger partial charge on any atom is 0.257 e. The quantitative estimate of drug-likeness (QED) is 0.890. The molecule has 0 aliphatic carbocycles. The third-order valence-corrected chi connectivity index (χ3v) is 3.47. The lowest BCUT2D eigenvalue weighted by molar-refractivity contribution is 0.0627. The minimum atomic E-state index is -0.101. The van der Waals surface area contributed by atoms with Crippen molar-refractivity contribution in [3.8, 4) is 5.75 Å². The number of hydrogen-bond donors (Lipinski definition) is 1. The van der Waals surface area contributed by atoms with Crippen molar-refractivity contribution in [2.45, 2.75) is 25.8 Å². The Bertz CT molecular complexity index is 445. The van der Waals surface area contributed by atoms with E-state index >= 15 is 0 Å². The fourth-order valence-electron chi connectivity index (χ4n) is 2.45. The van der Waals surface area contributed by atoms with Crippen molar-refractivity contribution in [3.05, 3.63) is 29.3 Å². The summed E-state index contributed by atoms with van der Waals surface area (Å²) in [6, 6.07) is 5.39. The summed E-state index contributed by atoms with van der Waals surface area (Å²) in [5.74, 6) is -0.0127. The fourth-order valence-corrected chi connectivity index (χ4v) is 2.45. The van der Waals surface area contributed by atoms with Gasteiger partial charge in [-0.15, -0.1) is 0 Å². The van der Waals surface area contributed by atoms with Crippen LogP contribution in [-0.4, -0.2) is 42.2 Å². The largest absolute Gasteiger partial charge is 0.507 e. The summed E-state index contributed by atoms with van der Waals surface area (Å²) in [7, 11) is 1.64. The average molecular weight is 249 g/mol. The Balaban J connectivity index is 2.23. The molecular weight excluding hydrogens is 230 g/mol. The molecule has 0 radical (unpaired) electrons. The number of likely N-dealkylation sites (tertiary alicyclic amines) is 1. The Labute approximate surface area is 107 Å². The van der Waals surface area contributed by atoms with E-state index in [9.17, 15) is 9.90 Å². The zero-order chi connectivity index (χ0) is 13.1. The first-order valence-corrected chi connectivity index (χ1v) is 6.23. The van der Waals surface area contributed by atoms with Crippen LogP contribution in [0.3, 0.4) is 0 Å². The van der Waals surface area contributed by atoms with Crippen LogP contribution in [0.25, 0.3) is 0 Å². The lowest BCUT2D eigenvalue weighted by atomic mass is 10.1. The van der Waals surface area contributed by atoms with E-state index in [1.807, 2.05) is 0 Å². The van der Waals surface area contributed by atoms with Crippen LogP contribution >= 0.6 is 0 Å². The lowest BCUT2D eigenvalue weighted by Gasteiger charge is -2.24. The maximum absolute atomic E-state index is 12.4. The van der Waals surface area contributed by atoms with E-state index in [1.54, 1.807) is 37.1 Å². The Hall–Kier alpha value is -1.55. The highest BCUT2D eigenvalue weighted by molar-refractivity contribution is 5.97. The van der Waals surface area contributed by atoms with Crippen LogP contribution in [0.4, 0.5) is 0 Å². The number of para-hydroxylation sites is 1. The number of carbonyl (C=O) groups excluding carboxylic acids is 1. The predicted molar refractivity (Wildman–Crippen MR) is 68.8 cm³/mol. The Morgan fingerprint density at radius 3 is 3.06 bits per heavy atom. The number of methoxy groups -OCH3 is 1. The molecule has 98 valence electrons. The molecule has 1 aromatic carbocycles. The van der Waals surface area contributed by atoms with Gasteiger partial charge in [0.15, 0.2) is 0 Å². The molecule has 4 heteroatoms. The van der Waals surface area contributed by atoms with Gasteiger partial charge in [0, 0.05) is 13.7 Å². The summed E-state index contributed by atoms with van der Waals surface area (Å²) in [6.45, 7) is 3.08. The van der Waals surface area contributed by atoms with Gasteiger partial charge in [-0.1, -0.05) is 12.1 Å². The van der Waals surface area contributed by atoms with E-state index in [4.69, 9.17) is 4.74 Å². The highest BCUT2D eigenvalue weighted by atomic mass is 16.5. The highest BCUT2D eigenvalue weighted by Gasteiger charge is 2.30. The monoisotopic (exact) mass is 249 g/mol. The lowest BCUT2D eigenvalue weighted by Crippen LogP contribution is -2.38. The molecule has 1 N–H and O–H groups in total. The summed E-state index contributed by atoms with van der Waals surface area (Å²) in [4.78, 5) is 14.2. The van der Waals surface area contributed by atoms with Crippen molar-refractivity contribution in [1.82, 2.24) is 4.90 Å². The van der Waals surface area contributed by atoms with Crippen LogP contribution in [0.15, 0.2) is 18.2 Å². The summed E-state index contributed by atoms with van der Waals surface area (Å²) >= 11 is 0. The smallest absolute Gasteiger partial charge is 0.257 e. The van der Waals surface area contributed by atoms with Crippen LogP contribution in [0.1, 0.15) is 28.8 Å². The van der Waals surface area contributed by atoms with Crippen LogP contribution < -0.4 is 0 Å². The van der Waals surface area contributed by atoms with Crippen molar-refractivity contribution < 1.29 is 14.6 Å². The third-order valence-electron chi connectivity index (χ3n) is 3.47. The Kier molecular flexibility index (Phi) is 3.87. The predicted octanol–water partition coefficient (Wildman–Crippen LogP) is 1.95. The van der Waals surface area contributed by atoms with E-state index in [0.29, 0.717) is 12.2 Å². The van der Waals surface area contributed by atoms with E-state index in [2.05, 4.69) is 0 Å². The third kappa shape index (κ3) is 2.34. The molecule has 0 aromatic heterocycles. The maximum atomic E-state index is 12.4. The molecule has 18 heavy (non-hydrogen) atoms. The second kappa shape index (κ2) is 5.40. The first-order chi connectivity index (χ1) is 8.65. The van der Waals surface area contributed by atoms with Gasteiger partial charge in [-0.3, -0.25) is 4.79 Å². The van der Waals surface area contributed by atoms with Crippen molar-refractivity contribution in [1.29, 1.82) is 0 Å². The molecule has 1 aromatic rings. The first-order valence-electron chi connectivity index (χ1n) is 6.23. The number of carbonyl (C=O) groups is 1. The van der Waals surface area contributed by atoms with E-state index in [0.717, 1.165) is 24.9 Å². The summed E-state index contributed by atoms with van der Waals surface area (Å²) in [5, 5.41) is 9.97. The molecule has 1 heterocycles. The van der Waals surface area contributed by atoms with Gasteiger partial charge in [0.2, 0.25) is 0 Å². The van der Waals surface area contributed by atoms with Crippen LogP contribution in [-0.2, 0) is 4.74 Å². The van der Waals surface area contributed by atoms with Gasteiger partial charge >= 0.3 is 0 Å². The van der Waals surface area contributed by atoms with Gasteiger partial charge in [0.25, 0.3) is 5.91 Å². The second-order valence-corrected chi connectivity index (χ2v) is 4.72. The molecule has 4 nitrogen and oxygen atoms in total. The number of nitrogens with zero attached hydrogens (tertiary/aromatic N) is 1. The van der Waals surface area contributed by atoms with E-state index in [1.165, 1.54) is 0 Å². The Morgan fingerprint density at radius 2 is 2.33 bits per heavy atom. The summed E-state index contributed by atoms with van der Waals surface area (Å²) in [5.41, 5.74) is 1.11. The van der Waals surface area contributed by atoms with E-state index in [-0.39, 0.29) is 17.7 Å². The molecule has 1 saturated heterocycles. The van der Waals surface area contributed by atoms with Crippen LogP contribution in [0.2, 0.25) is 0 Å². The second-order valence-electron chi connectivity index (χ2n) is 4.72. The molecule has 2 rings (SSSR count). The van der Waals surface area contributed by atoms with Crippen molar-refractivity contribution in [2.24, 2.45) is 0 Å². The number of rotatable bonds is 3. The molecule has 0 spiro atoms. The molecule has 1 aliphatic rings. The minimum absolute atomic E-state index is 0.0885. The SMILES string of the molecule is COC[C@H]1CCCN1C(=O)c1cccc(C)c1O. The molecule has 0 unspecified atom stereocenters. The van der Waals surface area contributed by atoms with Gasteiger partial charge in [-0.05, 0) is 31.4 Å². The van der Waals surface area contributed by atoms with Gasteiger partial charge in [-0.2, -0.15) is 0 Å². The topological polar surface area (TPSA) is 49.8 Å². The molecule has 0 bridgehead atoms. The van der Waals surface area contributed by atoms with Gasteiger partial charge in [-0.25, -0.2) is 0 Å². The van der Waals surface area contributed by atoms with Crippen LogP contribution in [0, 0.1) is 6.92 Å². The number of phenolic OH excluding ortho intramolecular Hbond substituents is 1. The standard InChI is InChI=1S/C14H19NO3/c1-10-5-3-7-12(13(10)16)14(17)15-8-4-6-11(15)9-18-2/h3,5,7,11,16H,4,6,8-9H2,1-2H3/t11-/m1/s1. The molecule has 1 aliphatic heterocycles. The molecule has 1 atom stereocenters. The summed E-state index contributed by atoms with van der Waals surface area (Å²) < 4.78 is 5.14. The number of aryl methyl sites for hydroxylation is 1. The molecule has 1 fully saturated rings. The van der Waals surface area contributed by atoms with Crippen molar-refractivity contribution in [3.63, 3.8) is 0 Å². The van der Waals surface area contributed by atoms with Crippen molar-refractivity contribution in [2.75, 3.05) is 20.3 Å². The first kappa shape index (κ1) is 12.9. The number of amides is 1. The average Bonchev–Trinajstić information content (AvgIpc) is 2.80. The number of hydrogen-bond acceptors (Lipinski definition) is 3. The minimum Gasteiger partial charge on any atom is -0.507 e. The highest BCUT2D eigenvalue weighted by Crippen LogP contribution is 2.26. The number of aromatic hydroxyl groups is 1. The van der Waals surface area contributed by atoms with E-state index < -0.39 is 0 Å². The zero-order valence-electron chi connectivity index (χ0n) is 10.8. The van der Waals surface area contributed by atoms with Gasteiger partial charge < -0.3 is 14.7 Å². The Morgan fingerprint density at radius 1 is 1.56 bits per heavy atom. The molecule has 1 amide bonds. The fraction of sp³-hybridized carbons (Fsp3) is 0.500. The van der Waals surface area contributed by atoms with Gasteiger partial charge in [0.05, 0.1) is 18.2 Å². The van der Waals surface area contributed by atoms with Crippen molar-refractivity contribution >= 4 is 5.91 Å². The zero-order valence-corrected chi connectivity index (χ0v) is 10.8. The number of benzene rings is 1. The van der Waals surface area contributed by atoms with Gasteiger partial charge in [0.1, 0.15) is 5.75 Å². The number of phenols is 1. The summed E-state index contributed by atoms with van der Waals surface area (Å²) in [6.07, 6.45) is 1.96. The molecular formula is C14H19NO3. The number of ether oxygens (including phenoxy) is 1.